The van der Waals surface area contributed by atoms with E-state index in [-0.39, 0.29) is 43.3 Å². The molecule has 2 aliphatic rings. The molecule has 4 atom stereocenters. The van der Waals surface area contributed by atoms with Crippen molar-refractivity contribution in [2.45, 2.75) is 95.2 Å². The fraction of sp³-hybridized carbons (Fsp3) is 0.556. The van der Waals surface area contributed by atoms with Crippen LogP contribution in [0.25, 0.3) is 11.1 Å². The summed E-state index contributed by atoms with van der Waals surface area (Å²) in [6.07, 6.45) is 7.67. The summed E-state index contributed by atoms with van der Waals surface area (Å²) in [5, 5.41) is 5.37. The predicted octanol–water partition coefficient (Wildman–Crippen LogP) is 4.08. The van der Waals surface area contributed by atoms with Crippen LogP contribution in [0.3, 0.4) is 0 Å². The summed E-state index contributed by atoms with van der Waals surface area (Å²) < 4.78 is 38.9. The molecule has 12 nitrogen and oxygen atoms in total. The summed E-state index contributed by atoms with van der Waals surface area (Å²) in [5.41, 5.74) is 7.69. The number of amides is 1. The summed E-state index contributed by atoms with van der Waals surface area (Å²) in [4.78, 5) is 48.0. The van der Waals surface area contributed by atoms with Gasteiger partial charge in [0.05, 0.1) is 12.1 Å². The molecular weight excluding hydrogens is 646 g/mol. The van der Waals surface area contributed by atoms with Crippen LogP contribution in [0.1, 0.15) is 86.9 Å². The molecule has 1 aromatic heterocycles. The van der Waals surface area contributed by atoms with E-state index in [0.717, 1.165) is 31.2 Å². The molecule has 2 heterocycles. The number of fused-ring (bicyclic) bond motifs is 1. The van der Waals surface area contributed by atoms with Gasteiger partial charge in [0.25, 0.3) is 16.1 Å². The number of hydrogen-bond donors (Lipinski definition) is 3. The van der Waals surface area contributed by atoms with E-state index in [9.17, 15) is 22.8 Å². The molecule has 1 amide bonds. The molecular formula is C36H49N5O7S. The lowest BCUT2D eigenvalue weighted by Crippen LogP contribution is -2.53. The van der Waals surface area contributed by atoms with E-state index in [1.807, 2.05) is 30.3 Å². The van der Waals surface area contributed by atoms with E-state index in [4.69, 9.17) is 20.0 Å². The molecule has 0 unspecified atom stereocenters. The topological polar surface area (TPSA) is 188 Å². The minimum atomic E-state index is -4.25. The van der Waals surface area contributed by atoms with Crippen LogP contribution >= 0.6 is 0 Å². The number of para-hydroxylation sites is 2. The van der Waals surface area contributed by atoms with Gasteiger partial charge >= 0.3 is 0 Å². The summed E-state index contributed by atoms with van der Waals surface area (Å²) in [7, 11) is -4.25. The number of benzene rings is 2. The van der Waals surface area contributed by atoms with Crippen molar-refractivity contribution < 1.29 is 32.0 Å². The van der Waals surface area contributed by atoms with E-state index in [2.05, 4.69) is 9.71 Å². The molecule has 13 heteroatoms. The third-order valence-corrected chi connectivity index (χ3v) is 10.3. The Hall–Kier alpha value is -3.49. The number of carbonyl (C=O) groups is 3. The molecule has 266 valence electrons. The smallest absolute Gasteiger partial charge is 0.275 e. The number of aromatic nitrogens is 1. The van der Waals surface area contributed by atoms with E-state index in [1.54, 1.807) is 24.3 Å². The van der Waals surface area contributed by atoms with Gasteiger partial charge in [-0.15, -0.1) is 0 Å². The molecule has 0 bridgehead atoms. The first kappa shape index (κ1) is 36.8. The number of rotatable bonds is 18. The quantitative estimate of drug-likeness (QED) is 0.130. The van der Waals surface area contributed by atoms with Gasteiger partial charge in [-0.05, 0) is 68.7 Å². The fourth-order valence-corrected chi connectivity index (χ4v) is 7.69. The van der Waals surface area contributed by atoms with Crippen molar-refractivity contribution in [1.29, 1.82) is 0 Å². The lowest BCUT2D eigenvalue weighted by atomic mass is 9.89. The summed E-state index contributed by atoms with van der Waals surface area (Å²) >= 11 is 0. The number of likely N-dealkylation sites (tertiary alicyclic amines) is 1. The first-order chi connectivity index (χ1) is 23.6. The molecule has 1 aliphatic heterocycles. The number of hydrogen-bond acceptors (Lipinski definition) is 9. The van der Waals surface area contributed by atoms with Crippen LogP contribution < -0.4 is 15.6 Å². The molecule has 1 saturated carbocycles. The Bertz CT molecular complexity index is 1630. The molecule has 1 aliphatic carbocycles. The van der Waals surface area contributed by atoms with E-state index >= 15 is 0 Å². The molecule has 2 fully saturated rings. The van der Waals surface area contributed by atoms with Gasteiger partial charge in [-0.25, -0.2) is 10.1 Å². The number of carbonyl (C=O) groups excluding carboxylic acids is 3. The molecule has 0 spiro atoms. The normalized spacial score (nSPS) is 20.0. The zero-order chi connectivity index (χ0) is 34.8. The standard InChI is InChI=1S/C36H49N5O7S/c37-20-10-9-15-27(34(43)35-39-29-16-7-8-17-33(29)48-35)21-32(42)31-22-28(47-24-26-13-5-2-6-14-26)23-41(31)36(44)30(40-49(38,45)46)19-18-25-11-3-1-4-12-25/h1,3-4,7-8,11-12,16-17,26-28,30-31,40H,2,5-6,9-10,13-15,18-24,37H2,(H2,38,45,46)/t27-,28-,30-,31+/m1/s1. The van der Waals surface area contributed by atoms with Crippen LogP contribution in [0.4, 0.5) is 0 Å². The molecule has 5 N–H and O–H groups in total. The van der Waals surface area contributed by atoms with Crippen molar-refractivity contribution in [1.82, 2.24) is 14.6 Å². The maximum Gasteiger partial charge on any atom is 0.275 e. The maximum absolute atomic E-state index is 14.2. The van der Waals surface area contributed by atoms with Crippen LogP contribution in [0.5, 0.6) is 0 Å². The summed E-state index contributed by atoms with van der Waals surface area (Å²) in [5.74, 6) is -1.58. The Morgan fingerprint density at radius 3 is 2.45 bits per heavy atom. The summed E-state index contributed by atoms with van der Waals surface area (Å²) in [6.45, 7) is 1.12. The molecule has 3 aromatic rings. The Labute approximate surface area is 288 Å². The largest absolute Gasteiger partial charge is 0.434 e. The van der Waals surface area contributed by atoms with Gasteiger partial charge in [0.15, 0.2) is 11.4 Å². The van der Waals surface area contributed by atoms with Gasteiger partial charge < -0.3 is 19.8 Å². The highest BCUT2D eigenvalue weighted by molar-refractivity contribution is 7.87. The minimum absolute atomic E-state index is 0.0573. The van der Waals surface area contributed by atoms with Gasteiger partial charge in [-0.2, -0.15) is 13.1 Å². The SMILES string of the molecule is NCCCC[C@H](CC(=O)[C@@H]1C[C@@H](OCC2CCCCC2)CN1C(=O)[C@@H](CCc1ccccc1)NS(N)(=O)=O)C(=O)c1nc2ccccc2o1. The molecule has 49 heavy (non-hydrogen) atoms. The molecule has 2 aromatic carbocycles. The zero-order valence-electron chi connectivity index (χ0n) is 28.0. The second kappa shape index (κ2) is 17.4. The van der Waals surface area contributed by atoms with Gasteiger partial charge in [0.1, 0.15) is 11.6 Å². The van der Waals surface area contributed by atoms with E-state index < -0.39 is 40.2 Å². The van der Waals surface area contributed by atoms with Crippen molar-refractivity contribution in [2.24, 2.45) is 22.7 Å². The lowest BCUT2D eigenvalue weighted by molar-refractivity contribution is -0.139. The first-order valence-electron chi connectivity index (χ1n) is 17.5. The van der Waals surface area contributed by atoms with Crippen molar-refractivity contribution in [3.63, 3.8) is 0 Å². The van der Waals surface area contributed by atoms with Crippen LogP contribution in [0, 0.1) is 11.8 Å². The highest BCUT2D eigenvalue weighted by atomic mass is 32.2. The Morgan fingerprint density at radius 2 is 1.73 bits per heavy atom. The van der Waals surface area contributed by atoms with Gasteiger partial charge in [0.2, 0.25) is 11.7 Å². The highest BCUT2D eigenvalue weighted by Crippen LogP contribution is 2.30. The van der Waals surface area contributed by atoms with E-state index in [0.29, 0.717) is 55.9 Å². The van der Waals surface area contributed by atoms with Crippen molar-refractivity contribution in [3.8, 4) is 0 Å². The zero-order valence-corrected chi connectivity index (χ0v) is 28.8. The monoisotopic (exact) mass is 695 g/mol. The van der Waals surface area contributed by atoms with Crippen molar-refractivity contribution >= 4 is 38.8 Å². The second-order valence-corrected chi connectivity index (χ2v) is 14.8. The summed E-state index contributed by atoms with van der Waals surface area (Å²) in [6, 6.07) is 14.4. The first-order valence-corrected chi connectivity index (χ1v) is 19.0. The third-order valence-electron chi connectivity index (χ3n) is 9.71. The van der Waals surface area contributed by atoms with E-state index in [1.165, 1.54) is 11.3 Å². The fourth-order valence-electron chi connectivity index (χ4n) is 7.07. The number of ketones is 2. The predicted molar refractivity (Wildman–Crippen MR) is 186 cm³/mol. The third kappa shape index (κ3) is 10.5. The Kier molecular flexibility index (Phi) is 13.1. The number of aryl methyl sites for hydroxylation is 1. The van der Waals surface area contributed by atoms with Crippen LogP contribution in [0.15, 0.2) is 59.0 Å². The Balaban J connectivity index is 1.37. The Morgan fingerprint density at radius 1 is 1.00 bits per heavy atom. The lowest BCUT2D eigenvalue weighted by Gasteiger charge is -2.29. The number of unbranched alkanes of at least 4 members (excludes halogenated alkanes) is 1. The molecule has 5 rings (SSSR count). The van der Waals surface area contributed by atoms with Gasteiger partial charge in [-0.1, -0.05) is 68.1 Å². The number of nitrogens with zero attached hydrogens (tertiary/aromatic N) is 2. The van der Waals surface area contributed by atoms with Crippen molar-refractivity contribution in [2.75, 3.05) is 19.7 Å². The number of Topliss-reactive ketones (excluding diaryl/α,β-unsaturated/α-hetero) is 2. The van der Waals surface area contributed by atoms with Crippen molar-refractivity contribution in [3.05, 3.63) is 66.1 Å². The minimum Gasteiger partial charge on any atom is -0.434 e. The van der Waals surface area contributed by atoms with Crippen LogP contribution in [-0.4, -0.2) is 73.7 Å². The van der Waals surface area contributed by atoms with Gasteiger partial charge in [-0.3, -0.25) is 14.4 Å². The average Bonchev–Trinajstić information content (AvgIpc) is 3.74. The number of oxazole rings is 1. The molecule has 0 radical (unpaired) electrons. The van der Waals surface area contributed by atoms with Gasteiger partial charge in [0, 0.05) is 31.9 Å². The maximum atomic E-state index is 14.2. The highest BCUT2D eigenvalue weighted by Gasteiger charge is 2.43. The number of nitrogens with two attached hydrogens (primary N) is 2. The number of nitrogens with one attached hydrogen (secondary N) is 1. The average molecular weight is 696 g/mol. The second-order valence-electron chi connectivity index (χ2n) is 13.4. The van der Waals surface area contributed by atoms with Crippen LogP contribution in [-0.2, 0) is 31.0 Å². The van der Waals surface area contributed by atoms with Crippen LogP contribution in [0.2, 0.25) is 0 Å². The molecule has 1 saturated heterocycles. The number of ether oxygens (including phenoxy) is 1.